The van der Waals surface area contributed by atoms with E-state index in [1.54, 1.807) is 11.1 Å². The van der Waals surface area contributed by atoms with E-state index in [9.17, 15) is 4.79 Å². The molecule has 22 heavy (non-hydrogen) atoms. The standard InChI is InChI=1S/C15H12N4O2S/c20-14(19-6-10-5-16-9-17-12(10)7-19)8-22-15-18-11-3-1-2-4-13(11)21-15/h1-5,9H,6-8H2. The molecule has 0 atom stereocenters. The van der Waals surface area contributed by atoms with Gasteiger partial charge in [-0.05, 0) is 12.1 Å². The second-order valence-corrected chi connectivity index (χ2v) is 5.91. The topological polar surface area (TPSA) is 72.1 Å². The van der Waals surface area contributed by atoms with Gasteiger partial charge >= 0.3 is 0 Å². The van der Waals surface area contributed by atoms with Gasteiger partial charge in [0.25, 0.3) is 5.22 Å². The third kappa shape index (κ3) is 2.43. The third-order valence-electron chi connectivity index (χ3n) is 3.53. The summed E-state index contributed by atoms with van der Waals surface area (Å²) in [4.78, 5) is 26.6. The summed E-state index contributed by atoms with van der Waals surface area (Å²) in [6.45, 7) is 1.12. The van der Waals surface area contributed by atoms with Crippen molar-refractivity contribution in [2.45, 2.75) is 18.3 Å². The molecule has 1 aliphatic rings. The zero-order chi connectivity index (χ0) is 14.9. The number of para-hydroxylation sites is 2. The number of nitrogens with zero attached hydrogens (tertiary/aromatic N) is 4. The van der Waals surface area contributed by atoms with E-state index >= 15 is 0 Å². The van der Waals surface area contributed by atoms with Gasteiger partial charge in [0.05, 0.1) is 18.0 Å². The van der Waals surface area contributed by atoms with Crippen LogP contribution in [-0.4, -0.2) is 31.5 Å². The molecule has 2 aromatic heterocycles. The van der Waals surface area contributed by atoms with E-state index in [1.165, 1.54) is 18.1 Å². The molecule has 1 aromatic carbocycles. The quantitative estimate of drug-likeness (QED) is 0.691. The van der Waals surface area contributed by atoms with Crippen LogP contribution in [0, 0.1) is 0 Å². The summed E-state index contributed by atoms with van der Waals surface area (Å²) in [7, 11) is 0. The number of benzene rings is 1. The minimum absolute atomic E-state index is 0.0465. The Morgan fingerprint density at radius 3 is 3.09 bits per heavy atom. The summed E-state index contributed by atoms with van der Waals surface area (Å²) in [5.41, 5.74) is 3.49. The van der Waals surface area contributed by atoms with Crippen LogP contribution >= 0.6 is 11.8 Å². The second kappa shape index (κ2) is 5.42. The fraction of sp³-hybridized carbons (Fsp3) is 0.200. The zero-order valence-corrected chi connectivity index (χ0v) is 12.4. The van der Waals surface area contributed by atoms with Crippen LogP contribution in [0.5, 0.6) is 0 Å². The molecule has 1 aliphatic heterocycles. The number of rotatable bonds is 3. The van der Waals surface area contributed by atoms with Gasteiger partial charge in [0.2, 0.25) is 5.91 Å². The monoisotopic (exact) mass is 312 g/mol. The molecule has 7 heteroatoms. The van der Waals surface area contributed by atoms with E-state index in [0.717, 1.165) is 22.4 Å². The van der Waals surface area contributed by atoms with Gasteiger partial charge in [0, 0.05) is 18.3 Å². The van der Waals surface area contributed by atoms with E-state index in [0.29, 0.717) is 24.1 Å². The highest BCUT2D eigenvalue weighted by molar-refractivity contribution is 7.99. The van der Waals surface area contributed by atoms with Gasteiger partial charge in [-0.3, -0.25) is 4.79 Å². The zero-order valence-electron chi connectivity index (χ0n) is 11.6. The Morgan fingerprint density at radius 2 is 2.23 bits per heavy atom. The molecule has 3 aromatic rings. The molecule has 0 N–H and O–H groups in total. The Morgan fingerprint density at radius 1 is 1.32 bits per heavy atom. The van der Waals surface area contributed by atoms with E-state index in [1.807, 2.05) is 24.3 Å². The molecule has 0 saturated heterocycles. The van der Waals surface area contributed by atoms with Crippen molar-refractivity contribution in [3.63, 3.8) is 0 Å². The molecule has 0 unspecified atom stereocenters. The van der Waals surface area contributed by atoms with Crippen LogP contribution < -0.4 is 0 Å². The van der Waals surface area contributed by atoms with Crippen molar-refractivity contribution in [3.8, 4) is 0 Å². The Bertz CT molecular complexity index is 790. The molecular formula is C15H12N4O2S. The molecule has 1 amide bonds. The predicted octanol–water partition coefficient (Wildman–Crippen LogP) is 2.25. The average molecular weight is 312 g/mol. The summed E-state index contributed by atoms with van der Waals surface area (Å²) in [5.74, 6) is 0.346. The number of hydrogen-bond donors (Lipinski definition) is 0. The first kappa shape index (κ1) is 13.3. The molecule has 0 radical (unpaired) electrons. The number of hydrogen-bond acceptors (Lipinski definition) is 6. The Labute approximate surface area is 130 Å². The van der Waals surface area contributed by atoms with E-state index in [-0.39, 0.29) is 5.91 Å². The molecule has 0 saturated carbocycles. The summed E-state index contributed by atoms with van der Waals surface area (Å²) < 4.78 is 5.60. The van der Waals surface area contributed by atoms with Crippen molar-refractivity contribution < 1.29 is 9.21 Å². The summed E-state index contributed by atoms with van der Waals surface area (Å²) in [5, 5.41) is 0.519. The first-order valence-electron chi connectivity index (χ1n) is 6.83. The van der Waals surface area contributed by atoms with Crippen molar-refractivity contribution in [1.82, 2.24) is 19.9 Å². The predicted molar refractivity (Wildman–Crippen MR) is 81.0 cm³/mol. The lowest BCUT2D eigenvalue weighted by atomic mass is 10.3. The van der Waals surface area contributed by atoms with Crippen molar-refractivity contribution in [1.29, 1.82) is 0 Å². The van der Waals surface area contributed by atoms with Crippen LogP contribution in [0.3, 0.4) is 0 Å². The van der Waals surface area contributed by atoms with Crippen molar-refractivity contribution in [3.05, 3.63) is 48.0 Å². The van der Waals surface area contributed by atoms with Crippen molar-refractivity contribution in [2.24, 2.45) is 0 Å². The number of amides is 1. The number of fused-ring (bicyclic) bond motifs is 2. The summed E-state index contributed by atoms with van der Waals surface area (Å²) in [6.07, 6.45) is 3.28. The molecule has 110 valence electrons. The minimum atomic E-state index is 0.0465. The molecule has 0 spiro atoms. The molecule has 0 fully saturated rings. The third-order valence-corrected chi connectivity index (χ3v) is 4.34. The normalized spacial score (nSPS) is 13.5. The highest BCUT2D eigenvalue weighted by Gasteiger charge is 2.24. The van der Waals surface area contributed by atoms with Gasteiger partial charge in [-0.1, -0.05) is 23.9 Å². The Hall–Kier alpha value is -2.41. The van der Waals surface area contributed by atoms with Crippen LogP contribution in [0.1, 0.15) is 11.3 Å². The highest BCUT2D eigenvalue weighted by atomic mass is 32.2. The lowest BCUT2D eigenvalue weighted by Gasteiger charge is -2.13. The largest absolute Gasteiger partial charge is 0.431 e. The molecular weight excluding hydrogens is 300 g/mol. The van der Waals surface area contributed by atoms with Crippen LogP contribution in [-0.2, 0) is 17.9 Å². The van der Waals surface area contributed by atoms with E-state index in [4.69, 9.17) is 4.42 Å². The van der Waals surface area contributed by atoms with Gasteiger partial charge in [-0.25, -0.2) is 15.0 Å². The Kier molecular flexibility index (Phi) is 3.27. The maximum absolute atomic E-state index is 12.3. The minimum Gasteiger partial charge on any atom is -0.431 e. The SMILES string of the molecule is O=C(CSc1nc2ccccc2o1)N1Cc2cncnc2C1. The lowest BCUT2D eigenvalue weighted by Crippen LogP contribution is -2.27. The molecule has 0 aliphatic carbocycles. The molecule has 6 nitrogen and oxygen atoms in total. The smallest absolute Gasteiger partial charge is 0.257 e. The maximum atomic E-state index is 12.3. The van der Waals surface area contributed by atoms with Gasteiger partial charge in [0.1, 0.15) is 11.8 Å². The highest BCUT2D eigenvalue weighted by Crippen LogP contribution is 2.25. The Balaban J connectivity index is 1.41. The number of aromatic nitrogens is 3. The van der Waals surface area contributed by atoms with E-state index in [2.05, 4.69) is 15.0 Å². The van der Waals surface area contributed by atoms with Gasteiger partial charge in [-0.15, -0.1) is 0 Å². The average Bonchev–Trinajstić information content (AvgIpc) is 3.15. The van der Waals surface area contributed by atoms with Gasteiger partial charge < -0.3 is 9.32 Å². The molecule has 3 heterocycles. The van der Waals surface area contributed by atoms with Gasteiger partial charge in [0.15, 0.2) is 5.58 Å². The molecule has 4 rings (SSSR count). The van der Waals surface area contributed by atoms with Gasteiger partial charge in [-0.2, -0.15) is 0 Å². The summed E-state index contributed by atoms with van der Waals surface area (Å²) in [6, 6.07) is 7.56. The number of oxazole rings is 1. The van der Waals surface area contributed by atoms with Crippen molar-refractivity contribution in [2.75, 3.05) is 5.75 Å². The summed E-state index contributed by atoms with van der Waals surface area (Å²) >= 11 is 1.31. The molecule has 0 bridgehead atoms. The van der Waals surface area contributed by atoms with Crippen LogP contribution in [0.4, 0.5) is 0 Å². The van der Waals surface area contributed by atoms with Crippen LogP contribution in [0.25, 0.3) is 11.1 Å². The number of carbonyl (C=O) groups excluding carboxylic acids is 1. The van der Waals surface area contributed by atoms with E-state index < -0.39 is 0 Å². The number of carbonyl (C=O) groups is 1. The fourth-order valence-electron chi connectivity index (χ4n) is 2.40. The lowest BCUT2D eigenvalue weighted by molar-refractivity contribution is -0.128. The fourth-order valence-corrected chi connectivity index (χ4v) is 3.15. The first-order chi connectivity index (χ1) is 10.8. The second-order valence-electron chi connectivity index (χ2n) is 4.98. The van der Waals surface area contributed by atoms with Crippen LogP contribution in [0.2, 0.25) is 0 Å². The van der Waals surface area contributed by atoms with Crippen LogP contribution in [0.15, 0.2) is 46.4 Å². The first-order valence-corrected chi connectivity index (χ1v) is 7.82. The maximum Gasteiger partial charge on any atom is 0.257 e. The number of thioether (sulfide) groups is 1. The van der Waals surface area contributed by atoms with Crippen molar-refractivity contribution >= 4 is 28.8 Å².